The third-order valence-corrected chi connectivity index (χ3v) is 7.53. The number of rotatable bonds is 6. The van der Waals surface area contributed by atoms with Gasteiger partial charge in [0.2, 0.25) is 16.6 Å². The number of sulfonamides is 1. The molecule has 2 atom stereocenters. The van der Waals surface area contributed by atoms with Gasteiger partial charge in [0.15, 0.2) is 5.67 Å². The molecule has 1 aliphatic carbocycles. The van der Waals surface area contributed by atoms with Crippen LogP contribution in [0.2, 0.25) is 0 Å². The molecular formula is C23H27FN2O2S. The molecule has 1 fully saturated rings. The maximum Gasteiger partial charge on any atom is 0.239 e. The predicted octanol–water partition coefficient (Wildman–Crippen LogP) is 5.21. The molecule has 29 heavy (non-hydrogen) atoms. The van der Waals surface area contributed by atoms with Gasteiger partial charge in [-0.1, -0.05) is 55.0 Å². The van der Waals surface area contributed by atoms with Gasteiger partial charge in [0, 0.05) is 5.56 Å². The second-order valence-electron chi connectivity index (χ2n) is 7.96. The molecule has 1 saturated carbocycles. The summed E-state index contributed by atoms with van der Waals surface area (Å²) in [5.74, 6) is 0. The molecule has 6 heteroatoms. The van der Waals surface area contributed by atoms with Crippen molar-refractivity contribution in [2.45, 2.75) is 63.0 Å². The predicted molar refractivity (Wildman–Crippen MR) is 114 cm³/mol. The van der Waals surface area contributed by atoms with Crippen molar-refractivity contribution in [3.8, 4) is 11.1 Å². The molecule has 1 N–H and O–H groups in total. The lowest BCUT2D eigenvalue weighted by Crippen LogP contribution is -2.51. The molecule has 4 nitrogen and oxygen atoms in total. The lowest BCUT2D eigenvalue weighted by Gasteiger charge is -2.38. The van der Waals surface area contributed by atoms with Crippen LogP contribution < -0.4 is 4.72 Å². The fourth-order valence-corrected chi connectivity index (χ4v) is 4.77. The molecule has 0 saturated heterocycles. The minimum atomic E-state index is -3.55. The third kappa shape index (κ3) is 4.68. The van der Waals surface area contributed by atoms with Gasteiger partial charge in [0.05, 0.1) is 11.3 Å². The van der Waals surface area contributed by atoms with Gasteiger partial charge in [-0.15, -0.1) is 0 Å². The SMILES string of the molecule is [C-]#[N+]Cc1ccc(-c2ccc([C@]3(F)CCCC[C@@H]3NS(=O)(=O)C(C)C)cc2)cc1. The van der Waals surface area contributed by atoms with Crippen LogP contribution in [0.4, 0.5) is 4.39 Å². The van der Waals surface area contributed by atoms with E-state index in [0.717, 1.165) is 29.5 Å². The molecule has 3 rings (SSSR count). The second-order valence-corrected chi connectivity index (χ2v) is 10.2. The van der Waals surface area contributed by atoms with E-state index in [-0.39, 0.29) is 0 Å². The third-order valence-electron chi connectivity index (χ3n) is 5.68. The van der Waals surface area contributed by atoms with Crippen LogP contribution in [0.5, 0.6) is 0 Å². The van der Waals surface area contributed by atoms with Gasteiger partial charge in [0.25, 0.3) is 0 Å². The molecule has 2 aromatic carbocycles. The van der Waals surface area contributed by atoms with Crippen molar-refractivity contribution < 1.29 is 12.8 Å². The molecule has 0 unspecified atom stereocenters. The van der Waals surface area contributed by atoms with Crippen LogP contribution in [0.15, 0.2) is 48.5 Å². The van der Waals surface area contributed by atoms with Crippen LogP contribution in [-0.2, 0) is 22.2 Å². The number of nitrogens with one attached hydrogen (secondary N) is 1. The quantitative estimate of drug-likeness (QED) is 0.660. The molecule has 154 valence electrons. The van der Waals surface area contributed by atoms with Gasteiger partial charge in [-0.3, -0.25) is 0 Å². The van der Waals surface area contributed by atoms with Crippen LogP contribution in [0.25, 0.3) is 16.0 Å². The molecule has 0 radical (unpaired) electrons. The highest BCUT2D eigenvalue weighted by Crippen LogP contribution is 2.42. The van der Waals surface area contributed by atoms with Crippen LogP contribution in [0.3, 0.4) is 0 Å². The minimum Gasteiger partial charge on any atom is -0.312 e. The van der Waals surface area contributed by atoms with Crippen LogP contribution in [0.1, 0.15) is 50.7 Å². The highest BCUT2D eigenvalue weighted by Gasteiger charge is 2.44. The van der Waals surface area contributed by atoms with E-state index in [1.165, 1.54) is 0 Å². The van der Waals surface area contributed by atoms with Crippen LogP contribution >= 0.6 is 0 Å². The summed E-state index contributed by atoms with van der Waals surface area (Å²) in [6.45, 7) is 10.5. The first-order valence-electron chi connectivity index (χ1n) is 9.99. The Morgan fingerprint density at radius 2 is 1.69 bits per heavy atom. The fraction of sp³-hybridized carbons (Fsp3) is 0.435. The van der Waals surface area contributed by atoms with Crippen molar-refractivity contribution in [1.82, 2.24) is 4.72 Å². The van der Waals surface area contributed by atoms with Gasteiger partial charge in [-0.25, -0.2) is 24.1 Å². The Labute approximate surface area is 173 Å². The van der Waals surface area contributed by atoms with E-state index in [1.54, 1.807) is 26.0 Å². The van der Waals surface area contributed by atoms with E-state index in [9.17, 15) is 8.42 Å². The Balaban J connectivity index is 1.85. The van der Waals surface area contributed by atoms with E-state index in [4.69, 9.17) is 6.57 Å². The van der Waals surface area contributed by atoms with E-state index in [1.807, 2.05) is 36.4 Å². The lowest BCUT2D eigenvalue weighted by atomic mass is 9.77. The second kappa shape index (κ2) is 8.64. The molecule has 2 aromatic rings. The highest BCUT2D eigenvalue weighted by atomic mass is 32.2. The molecule has 0 bridgehead atoms. The van der Waals surface area contributed by atoms with E-state index < -0.39 is 27.0 Å². The summed E-state index contributed by atoms with van der Waals surface area (Å²) in [5.41, 5.74) is 1.73. The summed E-state index contributed by atoms with van der Waals surface area (Å²) in [7, 11) is -3.55. The van der Waals surface area contributed by atoms with Gasteiger partial charge >= 0.3 is 0 Å². The summed E-state index contributed by atoms with van der Waals surface area (Å²) in [6.07, 6.45) is 2.35. The largest absolute Gasteiger partial charge is 0.312 e. The molecule has 0 amide bonds. The lowest BCUT2D eigenvalue weighted by molar-refractivity contribution is 0.0712. The Kier molecular flexibility index (Phi) is 6.40. The topological polar surface area (TPSA) is 50.5 Å². The van der Waals surface area contributed by atoms with Crippen LogP contribution in [-0.4, -0.2) is 19.7 Å². The summed E-state index contributed by atoms with van der Waals surface area (Å²) < 4.78 is 43.4. The first kappa shape index (κ1) is 21.5. The number of halogens is 1. The van der Waals surface area contributed by atoms with Crippen molar-refractivity contribution in [2.24, 2.45) is 0 Å². The molecule has 0 aromatic heterocycles. The maximum absolute atomic E-state index is 16.1. The standard InChI is InChI=1S/C23H27FN2O2S/c1-17(2)29(27,28)26-22-6-4-5-15-23(22,24)21-13-11-20(12-14-21)19-9-7-18(8-10-19)16-25-3/h7-14,17,22,26H,4-6,15-16H2,1-2H3/t22-,23+/m0/s1. The van der Waals surface area contributed by atoms with Crippen molar-refractivity contribution in [2.75, 3.05) is 0 Å². The molecule has 0 aliphatic heterocycles. The average Bonchev–Trinajstić information content (AvgIpc) is 2.70. The summed E-state index contributed by atoms with van der Waals surface area (Å²) in [4.78, 5) is 3.38. The smallest absolute Gasteiger partial charge is 0.239 e. The fourth-order valence-electron chi connectivity index (χ4n) is 3.80. The zero-order chi connectivity index (χ0) is 21.1. The first-order chi connectivity index (χ1) is 13.8. The average molecular weight is 415 g/mol. The van der Waals surface area contributed by atoms with Crippen molar-refractivity contribution in [3.05, 3.63) is 71.1 Å². The van der Waals surface area contributed by atoms with E-state index in [2.05, 4.69) is 9.57 Å². The van der Waals surface area contributed by atoms with E-state index >= 15 is 4.39 Å². The van der Waals surface area contributed by atoms with Crippen LogP contribution in [0, 0.1) is 6.57 Å². The van der Waals surface area contributed by atoms with Gasteiger partial charge < -0.3 is 4.85 Å². The number of hydrogen-bond acceptors (Lipinski definition) is 2. The Hall–Kier alpha value is -2.23. The van der Waals surface area contributed by atoms with Gasteiger partial charge in [-0.05, 0) is 49.8 Å². The number of alkyl halides is 1. The van der Waals surface area contributed by atoms with Crippen molar-refractivity contribution in [1.29, 1.82) is 0 Å². The monoisotopic (exact) mass is 414 g/mol. The Bertz CT molecular complexity index is 979. The molecule has 1 aliphatic rings. The maximum atomic E-state index is 16.1. The zero-order valence-electron chi connectivity index (χ0n) is 16.9. The van der Waals surface area contributed by atoms with Gasteiger partial charge in [0.1, 0.15) is 0 Å². The molecule has 0 spiro atoms. The summed E-state index contributed by atoms with van der Waals surface area (Å²) >= 11 is 0. The Morgan fingerprint density at radius 3 is 2.24 bits per heavy atom. The zero-order valence-corrected chi connectivity index (χ0v) is 17.7. The normalized spacial score (nSPS) is 22.4. The van der Waals surface area contributed by atoms with Crippen molar-refractivity contribution in [3.63, 3.8) is 0 Å². The number of nitrogens with zero attached hydrogens (tertiary/aromatic N) is 1. The van der Waals surface area contributed by atoms with E-state index in [0.29, 0.717) is 24.9 Å². The molecular weight excluding hydrogens is 387 g/mol. The van der Waals surface area contributed by atoms with Gasteiger partial charge in [-0.2, -0.15) is 0 Å². The first-order valence-corrected chi connectivity index (χ1v) is 11.5. The molecule has 0 heterocycles. The Morgan fingerprint density at radius 1 is 1.10 bits per heavy atom. The summed E-state index contributed by atoms with van der Waals surface area (Å²) in [6, 6.07) is 14.3. The number of benzene rings is 2. The van der Waals surface area contributed by atoms with Crippen molar-refractivity contribution >= 4 is 10.0 Å². The summed E-state index contributed by atoms with van der Waals surface area (Å²) in [5, 5.41) is -0.595. The number of hydrogen-bond donors (Lipinski definition) is 1. The minimum absolute atomic E-state index is 0.308. The highest BCUT2D eigenvalue weighted by molar-refractivity contribution is 7.90.